The first kappa shape index (κ1) is 18.7. The van der Waals surface area contributed by atoms with Gasteiger partial charge in [0.25, 0.3) is 5.91 Å². The predicted octanol–water partition coefficient (Wildman–Crippen LogP) is 2.26. The van der Waals surface area contributed by atoms with E-state index in [4.69, 9.17) is 4.74 Å². The summed E-state index contributed by atoms with van der Waals surface area (Å²) in [7, 11) is -3.65. The smallest absolute Gasteiger partial charge is 0.251 e. The first-order chi connectivity index (χ1) is 11.4. The molecule has 1 aliphatic heterocycles. The molecule has 0 spiro atoms. The van der Waals surface area contributed by atoms with E-state index >= 15 is 0 Å². The van der Waals surface area contributed by atoms with E-state index in [2.05, 4.69) is 5.32 Å². The van der Waals surface area contributed by atoms with E-state index in [-0.39, 0.29) is 10.8 Å². The lowest BCUT2D eigenvalue weighted by atomic mass is 10.2. The van der Waals surface area contributed by atoms with Gasteiger partial charge in [-0.05, 0) is 43.9 Å². The van der Waals surface area contributed by atoms with E-state index in [0.29, 0.717) is 43.5 Å². The molecule has 0 bridgehead atoms. The highest BCUT2D eigenvalue weighted by Gasteiger charge is 2.30. The third-order valence-corrected chi connectivity index (χ3v) is 5.78. The molecule has 6 nitrogen and oxygen atoms in total. The van der Waals surface area contributed by atoms with Crippen molar-refractivity contribution >= 4 is 15.9 Å². The number of ether oxygens (including phenoxy) is 1. The van der Waals surface area contributed by atoms with Crippen molar-refractivity contribution in [2.75, 3.05) is 26.2 Å². The van der Waals surface area contributed by atoms with Crippen molar-refractivity contribution in [2.24, 2.45) is 5.92 Å². The van der Waals surface area contributed by atoms with Crippen molar-refractivity contribution in [2.45, 2.75) is 38.5 Å². The molecule has 1 saturated heterocycles. The van der Waals surface area contributed by atoms with Crippen molar-refractivity contribution in [1.82, 2.24) is 9.62 Å². The molecule has 0 radical (unpaired) electrons. The van der Waals surface area contributed by atoms with Crippen LogP contribution in [0.1, 0.15) is 44.0 Å². The Morgan fingerprint density at radius 2 is 1.96 bits per heavy atom. The summed E-state index contributed by atoms with van der Waals surface area (Å²) in [5.74, 6) is 0.346. The third kappa shape index (κ3) is 4.27. The third-order valence-electron chi connectivity index (χ3n) is 3.86. The zero-order chi connectivity index (χ0) is 17.7. The average Bonchev–Trinajstić information content (AvgIpc) is 3.08. The summed E-state index contributed by atoms with van der Waals surface area (Å²) in [4.78, 5) is 12.3. The van der Waals surface area contributed by atoms with Crippen LogP contribution in [-0.2, 0) is 10.0 Å². The van der Waals surface area contributed by atoms with Crippen LogP contribution >= 0.6 is 0 Å². The van der Waals surface area contributed by atoms with Gasteiger partial charge in [-0.25, -0.2) is 8.42 Å². The van der Waals surface area contributed by atoms with Crippen LogP contribution in [0.5, 0.6) is 5.75 Å². The summed E-state index contributed by atoms with van der Waals surface area (Å²) in [6, 6.07) is 4.59. The average molecular weight is 354 g/mol. The first-order valence-electron chi connectivity index (χ1n) is 8.41. The molecule has 2 rings (SSSR count). The molecule has 1 fully saturated rings. The second-order valence-electron chi connectivity index (χ2n) is 6.31. The Labute approximate surface area is 144 Å². The zero-order valence-electron chi connectivity index (χ0n) is 14.5. The number of nitrogens with one attached hydrogen (secondary N) is 1. The minimum absolute atomic E-state index is 0.0726. The molecule has 1 amide bonds. The van der Waals surface area contributed by atoms with Crippen LogP contribution in [0.25, 0.3) is 0 Å². The molecule has 0 aliphatic carbocycles. The van der Waals surface area contributed by atoms with Crippen LogP contribution in [0, 0.1) is 5.92 Å². The number of sulfonamides is 1. The molecular weight excluding hydrogens is 328 g/mol. The second kappa shape index (κ2) is 7.98. The number of amides is 1. The number of carbonyl (C=O) groups is 1. The van der Waals surface area contributed by atoms with Crippen LogP contribution < -0.4 is 10.1 Å². The van der Waals surface area contributed by atoms with E-state index in [1.54, 1.807) is 19.1 Å². The fourth-order valence-corrected chi connectivity index (χ4v) is 4.27. The highest BCUT2D eigenvalue weighted by molar-refractivity contribution is 7.89. The van der Waals surface area contributed by atoms with E-state index in [0.717, 1.165) is 12.8 Å². The number of rotatable bonds is 7. The van der Waals surface area contributed by atoms with E-state index in [9.17, 15) is 13.2 Å². The fraction of sp³-hybridized carbons (Fsp3) is 0.588. The van der Waals surface area contributed by atoms with Crippen LogP contribution in [0.3, 0.4) is 0 Å². The molecule has 0 aromatic heterocycles. The Kier molecular flexibility index (Phi) is 6.23. The summed E-state index contributed by atoms with van der Waals surface area (Å²) in [6.07, 6.45) is 1.72. The maximum absolute atomic E-state index is 12.9. The minimum atomic E-state index is -3.65. The summed E-state index contributed by atoms with van der Waals surface area (Å²) in [5.41, 5.74) is 0.330. The fourth-order valence-electron chi connectivity index (χ4n) is 2.59. The minimum Gasteiger partial charge on any atom is -0.492 e. The highest BCUT2D eigenvalue weighted by atomic mass is 32.2. The molecule has 1 heterocycles. The Balaban J connectivity index is 2.36. The summed E-state index contributed by atoms with van der Waals surface area (Å²) >= 11 is 0. The lowest BCUT2D eigenvalue weighted by Gasteiger charge is -2.19. The summed E-state index contributed by atoms with van der Waals surface area (Å²) < 4.78 is 32.7. The first-order valence-corrected chi connectivity index (χ1v) is 9.85. The summed E-state index contributed by atoms with van der Waals surface area (Å²) in [6.45, 7) is 7.73. The molecule has 1 aromatic rings. The standard InChI is InChI=1S/C17H26N2O4S/c1-4-23-15-8-7-14(17(20)18-12-13(2)3)11-16(15)24(21,22)19-9-5-6-10-19/h7-8,11,13H,4-6,9-10,12H2,1-3H3,(H,18,20). The molecule has 1 N–H and O–H groups in total. The van der Waals surface area contributed by atoms with Gasteiger partial charge < -0.3 is 10.1 Å². The number of nitrogens with zero attached hydrogens (tertiary/aromatic N) is 1. The number of hydrogen-bond donors (Lipinski definition) is 1. The van der Waals surface area contributed by atoms with Crippen LogP contribution in [0.2, 0.25) is 0 Å². The molecule has 0 saturated carbocycles. The van der Waals surface area contributed by atoms with Gasteiger partial charge in [-0.3, -0.25) is 4.79 Å². The van der Waals surface area contributed by atoms with Crippen molar-refractivity contribution in [1.29, 1.82) is 0 Å². The van der Waals surface area contributed by atoms with Gasteiger partial charge >= 0.3 is 0 Å². The SMILES string of the molecule is CCOc1ccc(C(=O)NCC(C)C)cc1S(=O)(=O)N1CCCC1. The van der Waals surface area contributed by atoms with Gasteiger partial charge in [-0.1, -0.05) is 13.8 Å². The van der Waals surface area contributed by atoms with Crippen LogP contribution in [0.15, 0.2) is 23.1 Å². The van der Waals surface area contributed by atoms with E-state index in [1.165, 1.54) is 10.4 Å². The number of benzene rings is 1. The Morgan fingerprint density at radius 3 is 2.54 bits per heavy atom. The number of carbonyl (C=O) groups excluding carboxylic acids is 1. The van der Waals surface area contributed by atoms with Gasteiger partial charge in [0, 0.05) is 25.2 Å². The van der Waals surface area contributed by atoms with E-state index in [1.807, 2.05) is 13.8 Å². The Morgan fingerprint density at radius 1 is 1.29 bits per heavy atom. The number of hydrogen-bond acceptors (Lipinski definition) is 4. The molecule has 1 aliphatic rings. The maximum Gasteiger partial charge on any atom is 0.251 e. The lowest BCUT2D eigenvalue weighted by Crippen LogP contribution is -2.30. The van der Waals surface area contributed by atoms with Gasteiger partial charge in [0.1, 0.15) is 10.6 Å². The normalized spacial score (nSPS) is 15.7. The molecule has 0 unspecified atom stereocenters. The largest absolute Gasteiger partial charge is 0.492 e. The topological polar surface area (TPSA) is 75.7 Å². The highest BCUT2D eigenvalue weighted by Crippen LogP contribution is 2.30. The van der Waals surface area contributed by atoms with Gasteiger partial charge in [0.2, 0.25) is 10.0 Å². The van der Waals surface area contributed by atoms with E-state index < -0.39 is 10.0 Å². The van der Waals surface area contributed by atoms with Gasteiger partial charge in [-0.15, -0.1) is 0 Å². The lowest BCUT2D eigenvalue weighted by molar-refractivity contribution is 0.0948. The van der Waals surface area contributed by atoms with Gasteiger partial charge in [0.15, 0.2) is 0 Å². The quantitative estimate of drug-likeness (QED) is 0.815. The Bertz CT molecular complexity index is 680. The van der Waals surface area contributed by atoms with Crippen molar-refractivity contribution in [3.63, 3.8) is 0 Å². The predicted molar refractivity (Wildman–Crippen MR) is 92.8 cm³/mol. The molecular formula is C17H26N2O4S. The second-order valence-corrected chi connectivity index (χ2v) is 8.22. The van der Waals surface area contributed by atoms with Gasteiger partial charge in [-0.2, -0.15) is 4.31 Å². The molecule has 1 aromatic carbocycles. The molecule has 0 atom stereocenters. The molecule has 24 heavy (non-hydrogen) atoms. The van der Waals surface area contributed by atoms with Crippen molar-refractivity contribution in [3.8, 4) is 5.75 Å². The van der Waals surface area contributed by atoms with Crippen molar-refractivity contribution in [3.05, 3.63) is 23.8 Å². The summed E-state index contributed by atoms with van der Waals surface area (Å²) in [5, 5.41) is 2.81. The van der Waals surface area contributed by atoms with Crippen molar-refractivity contribution < 1.29 is 17.9 Å². The van der Waals surface area contributed by atoms with Gasteiger partial charge in [0.05, 0.1) is 6.61 Å². The monoisotopic (exact) mass is 354 g/mol. The van der Waals surface area contributed by atoms with Crippen LogP contribution in [-0.4, -0.2) is 44.9 Å². The molecule has 7 heteroatoms. The Hall–Kier alpha value is -1.60. The zero-order valence-corrected chi connectivity index (χ0v) is 15.4. The maximum atomic E-state index is 12.9. The molecule has 134 valence electrons. The van der Waals surface area contributed by atoms with Crippen LogP contribution in [0.4, 0.5) is 0 Å².